The van der Waals surface area contributed by atoms with Gasteiger partial charge >= 0.3 is 0 Å². The minimum absolute atomic E-state index is 0.260. The molecule has 114 valence electrons. The number of fused-ring (bicyclic) bond motifs is 2. The predicted octanol–water partition coefficient (Wildman–Crippen LogP) is 2.79. The summed E-state index contributed by atoms with van der Waals surface area (Å²) in [5.74, 6) is 0.375. The van der Waals surface area contributed by atoms with Crippen LogP contribution < -0.4 is 5.32 Å². The largest absolute Gasteiger partial charge is 0.349 e. The van der Waals surface area contributed by atoms with Gasteiger partial charge in [-0.2, -0.15) is 0 Å². The van der Waals surface area contributed by atoms with Crippen molar-refractivity contribution in [3.8, 4) is 0 Å². The lowest BCUT2D eigenvalue weighted by Crippen LogP contribution is -2.24. The summed E-state index contributed by atoms with van der Waals surface area (Å²) >= 11 is 6.28. The second-order valence-corrected chi connectivity index (χ2v) is 5.47. The third-order valence-corrected chi connectivity index (χ3v) is 4.05. The number of benzene rings is 1. The summed E-state index contributed by atoms with van der Waals surface area (Å²) in [5, 5.41) is 12.2. The molecule has 0 bridgehead atoms. The van der Waals surface area contributed by atoms with Crippen molar-refractivity contribution < 1.29 is 4.79 Å². The third-order valence-electron chi connectivity index (χ3n) is 3.66. The number of rotatable bonds is 3. The van der Waals surface area contributed by atoms with Crippen LogP contribution in [0.25, 0.3) is 16.6 Å². The Morgan fingerprint density at radius 1 is 1.17 bits per heavy atom. The van der Waals surface area contributed by atoms with Gasteiger partial charge in [0.25, 0.3) is 5.91 Å². The zero-order valence-corrected chi connectivity index (χ0v) is 12.7. The second kappa shape index (κ2) is 5.40. The highest BCUT2D eigenvalue weighted by molar-refractivity contribution is 6.38. The maximum absolute atomic E-state index is 12.4. The smallest absolute Gasteiger partial charge is 0.269 e. The fourth-order valence-electron chi connectivity index (χ4n) is 2.52. The standard InChI is InChI=1S/C16H12ClN5O/c17-14-10-5-1-2-6-11(10)19-15(14)16(23)18-9-13-21-20-12-7-3-4-8-22(12)13/h1-8,19H,9H2,(H,18,23). The lowest BCUT2D eigenvalue weighted by molar-refractivity contribution is 0.0946. The fourth-order valence-corrected chi connectivity index (χ4v) is 2.82. The van der Waals surface area contributed by atoms with E-state index in [-0.39, 0.29) is 12.5 Å². The number of nitrogens with zero attached hydrogens (tertiary/aromatic N) is 3. The summed E-state index contributed by atoms with van der Waals surface area (Å²) < 4.78 is 1.83. The number of aromatic nitrogens is 4. The Morgan fingerprint density at radius 2 is 2.00 bits per heavy atom. The van der Waals surface area contributed by atoms with Crippen molar-refractivity contribution in [3.05, 3.63) is 65.2 Å². The van der Waals surface area contributed by atoms with E-state index in [1.54, 1.807) is 0 Å². The van der Waals surface area contributed by atoms with E-state index in [0.29, 0.717) is 16.5 Å². The molecule has 0 spiro atoms. The molecule has 0 unspecified atom stereocenters. The van der Waals surface area contributed by atoms with Crippen LogP contribution in [0.5, 0.6) is 0 Å². The zero-order chi connectivity index (χ0) is 15.8. The number of hydrogen-bond donors (Lipinski definition) is 2. The van der Waals surface area contributed by atoms with E-state index < -0.39 is 0 Å². The summed E-state index contributed by atoms with van der Waals surface area (Å²) in [6.45, 7) is 0.260. The number of carbonyl (C=O) groups is 1. The van der Waals surface area contributed by atoms with E-state index in [4.69, 9.17) is 11.6 Å². The maximum atomic E-state index is 12.4. The average molecular weight is 326 g/mol. The van der Waals surface area contributed by atoms with Crippen molar-refractivity contribution >= 4 is 34.1 Å². The molecule has 4 rings (SSSR count). The quantitative estimate of drug-likeness (QED) is 0.608. The number of aromatic amines is 1. The Labute approximate surface area is 136 Å². The van der Waals surface area contributed by atoms with E-state index in [9.17, 15) is 4.79 Å². The molecule has 0 atom stereocenters. The Balaban J connectivity index is 1.59. The van der Waals surface area contributed by atoms with Crippen LogP contribution in [0.3, 0.4) is 0 Å². The summed E-state index contributed by atoms with van der Waals surface area (Å²) in [5.41, 5.74) is 1.91. The van der Waals surface area contributed by atoms with Gasteiger partial charge < -0.3 is 10.3 Å². The number of carbonyl (C=O) groups excluding carboxylic acids is 1. The Morgan fingerprint density at radius 3 is 2.87 bits per heavy atom. The molecular weight excluding hydrogens is 314 g/mol. The number of H-pyrrole nitrogens is 1. The first-order valence-electron chi connectivity index (χ1n) is 7.07. The van der Waals surface area contributed by atoms with E-state index in [1.807, 2.05) is 53.1 Å². The molecule has 0 saturated carbocycles. The van der Waals surface area contributed by atoms with Crippen molar-refractivity contribution in [1.82, 2.24) is 24.9 Å². The number of pyridine rings is 1. The van der Waals surface area contributed by atoms with Crippen LogP contribution in [-0.2, 0) is 6.54 Å². The van der Waals surface area contributed by atoms with Crippen LogP contribution in [0.15, 0.2) is 48.7 Å². The average Bonchev–Trinajstić information content (AvgIpc) is 3.15. The molecule has 3 aromatic heterocycles. The molecule has 2 N–H and O–H groups in total. The van der Waals surface area contributed by atoms with Gasteiger partial charge in [-0.25, -0.2) is 0 Å². The molecule has 3 heterocycles. The highest BCUT2D eigenvalue weighted by Crippen LogP contribution is 2.27. The molecule has 23 heavy (non-hydrogen) atoms. The summed E-state index contributed by atoms with van der Waals surface area (Å²) in [6.07, 6.45) is 1.85. The van der Waals surface area contributed by atoms with Gasteiger partial charge in [0, 0.05) is 17.1 Å². The van der Waals surface area contributed by atoms with Crippen molar-refractivity contribution in [3.63, 3.8) is 0 Å². The molecular formula is C16H12ClN5O. The zero-order valence-electron chi connectivity index (χ0n) is 12.0. The molecule has 6 nitrogen and oxygen atoms in total. The van der Waals surface area contributed by atoms with E-state index in [0.717, 1.165) is 16.6 Å². The third kappa shape index (κ3) is 2.33. The predicted molar refractivity (Wildman–Crippen MR) is 87.5 cm³/mol. The topological polar surface area (TPSA) is 75.1 Å². The minimum atomic E-state index is -0.279. The van der Waals surface area contributed by atoms with Crippen LogP contribution >= 0.6 is 11.6 Å². The van der Waals surface area contributed by atoms with Crippen LogP contribution in [-0.4, -0.2) is 25.5 Å². The number of nitrogens with one attached hydrogen (secondary N) is 2. The van der Waals surface area contributed by atoms with Crippen molar-refractivity contribution in [2.75, 3.05) is 0 Å². The highest BCUT2D eigenvalue weighted by atomic mass is 35.5. The molecule has 1 aromatic carbocycles. The monoisotopic (exact) mass is 325 g/mol. The normalized spacial score (nSPS) is 11.2. The van der Waals surface area contributed by atoms with Gasteiger partial charge in [0.1, 0.15) is 5.69 Å². The molecule has 0 saturated heterocycles. The Kier molecular flexibility index (Phi) is 3.24. The SMILES string of the molecule is O=C(NCc1nnc2ccccn12)c1[nH]c2ccccc2c1Cl. The van der Waals surface area contributed by atoms with Gasteiger partial charge in [0.05, 0.1) is 11.6 Å². The summed E-state index contributed by atoms with van der Waals surface area (Å²) in [6, 6.07) is 13.1. The minimum Gasteiger partial charge on any atom is -0.349 e. The van der Waals surface area contributed by atoms with E-state index in [2.05, 4.69) is 20.5 Å². The van der Waals surface area contributed by atoms with Gasteiger partial charge in [-0.3, -0.25) is 9.20 Å². The van der Waals surface area contributed by atoms with Crippen LogP contribution in [0.1, 0.15) is 16.3 Å². The number of hydrogen-bond acceptors (Lipinski definition) is 3. The molecule has 4 aromatic rings. The summed E-state index contributed by atoms with van der Waals surface area (Å²) in [7, 11) is 0. The lowest BCUT2D eigenvalue weighted by Gasteiger charge is -2.03. The molecule has 1 amide bonds. The number of para-hydroxylation sites is 1. The number of halogens is 1. The van der Waals surface area contributed by atoms with Crippen molar-refractivity contribution in [1.29, 1.82) is 0 Å². The molecule has 0 aliphatic heterocycles. The molecule has 0 aliphatic rings. The molecule has 7 heteroatoms. The first-order valence-corrected chi connectivity index (χ1v) is 7.45. The maximum Gasteiger partial charge on any atom is 0.269 e. The van der Waals surface area contributed by atoms with E-state index >= 15 is 0 Å². The van der Waals surface area contributed by atoms with Crippen LogP contribution in [0.2, 0.25) is 5.02 Å². The van der Waals surface area contributed by atoms with Gasteiger partial charge in [-0.15, -0.1) is 10.2 Å². The highest BCUT2D eigenvalue weighted by Gasteiger charge is 2.16. The molecule has 0 fully saturated rings. The van der Waals surface area contributed by atoms with Crippen LogP contribution in [0, 0.1) is 0 Å². The Hall–Kier alpha value is -2.86. The molecule has 0 radical (unpaired) electrons. The Bertz CT molecular complexity index is 1020. The first-order chi connectivity index (χ1) is 11.2. The van der Waals surface area contributed by atoms with Gasteiger partial charge in [-0.1, -0.05) is 35.9 Å². The lowest BCUT2D eigenvalue weighted by atomic mass is 10.2. The summed E-state index contributed by atoms with van der Waals surface area (Å²) in [4.78, 5) is 15.4. The first kappa shape index (κ1) is 13.8. The van der Waals surface area contributed by atoms with E-state index in [1.165, 1.54) is 0 Å². The van der Waals surface area contributed by atoms with Gasteiger partial charge in [-0.05, 0) is 18.2 Å². The number of amides is 1. The van der Waals surface area contributed by atoms with Crippen molar-refractivity contribution in [2.45, 2.75) is 6.54 Å². The molecule has 0 aliphatic carbocycles. The van der Waals surface area contributed by atoms with Gasteiger partial charge in [0.15, 0.2) is 11.5 Å². The van der Waals surface area contributed by atoms with Crippen LogP contribution in [0.4, 0.5) is 0 Å². The van der Waals surface area contributed by atoms with Gasteiger partial charge in [0.2, 0.25) is 0 Å². The van der Waals surface area contributed by atoms with Crippen molar-refractivity contribution in [2.24, 2.45) is 0 Å². The second-order valence-electron chi connectivity index (χ2n) is 5.09. The fraction of sp³-hybridized carbons (Fsp3) is 0.0625.